The maximum absolute atomic E-state index is 13.2. The predicted molar refractivity (Wildman–Crippen MR) is 128 cm³/mol. The van der Waals surface area contributed by atoms with E-state index in [0.29, 0.717) is 26.0 Å². The molecule has 3 atom stereocenters. The third kappa shape index (κ3) is 4.75. The van der Waals surface area contributed by atoms with Crippen molar-refractivity contribution in [3.63, 3.8) is 0 Å². The minimum absolute atomic E-state index is 0.0458. The van der Waals surface area contributed by atoms with Crippen molar-refractivity contribution < 1.29 is 29.0 Å². The molecule has 2 unspecified atom stereocenters. The Kier molecular flexibility index (Phi) is 6.72. The number of carbonyl (C=O) groups is 3. The van der Waals surface area contributed by atoms with Gasteiger partial charge in [-0.05, 0) is 47.9 Å². The number of hydrogen-bond acceptors (Lipinski definition) is 5. The van der Waals surface area contributed by atoms with Crippen molar-refractivity contribution in [2.45, 2.75) is 56.2 Å². The number of fused-ring (bicyclic) bond motifs is 3. The van der Waals surface area contributed by atoms with E-state index in [1.807, 2.05) is 24.3 Å². The van der Waals surface area contributed by atoms with Crippen molar-refractivity contribution in [3.8, 4) is 11.1 Å². The van der Waals surface area contributed by atoms with E-state index >= 15 is 0 Å². The largest absolute Gasteiger partial charge is 0.481 e. The van der Waals surface area contributed by atoms with Crippen LogP contribution in [-0.2, 0) is 19.1 Å². The van der Waals surface area contributed by atoms with E-state index in [0.717, 1.165) is 35.1 Å². The molecule has 0 radical (unpaired) electrons. The number of likely N-dealkylation sites (tertiary alicyclic amines) is 1. The summed E-state index contributed by atoms with van der Waals surface area (Å²) in [5.74, 6) is -1.22. The molecule has 2 aromatic carbocycles. The molecule has 2 saturated heterocycles. The lowest BCUT2D eigenvalue weighted by atomic mass is 9.97. The molecular formula is C27H30N2O6. The van der Waals surface area contributed by atoms with Crippen LogP contribution < -0.4 is 5.32 Å². The van der Waals surface area contributed by atoms with Gasteiger partial charge in [-0.25, -0.2) is 4.79 Å². The van der Waals surface area contributed by atoms with Gasteiger partial charge in [0.05, 0.1) is 12.5 Å². The Morgan fingerprint density at radius 3 is 2.37 bits per heavy atom. The molecule has 2 heterocycles. The number of aliphatic carboxylic acids is 1. The van der Waals surface area contributed by atoms with Crippen LogP contribution in [0.25, 0.3) is 11.1 Å². The summed E-state index contributed by atoms with van der Waals surface area (Å²) in [6.45, 7) is 1.05. The van der Waals surface area contributed by atoms with E-state index in [1.165, 1.54) is 0 Å². The zero-order chi connectivity index (χ0) is 24.4. The van der Waals surface area contributed by atoms with Crippen LogP contribution in [-0.4, -0.2) is 65.9 Å². The second kappa shape index (κ2) is 10.1. The van der Waals surface area contributed by atoms with Crippen LogP contribution in [0.1, 0.15) is 49.1 Å². The summed E-state index contributed by atoms with van der Waals surface area (Å²) in [4.78, 5) is 38.9. The fraction of sp³-hybridized carbons (Fsp3) is 0.444. The van der Waals surface area contributed by atoms with E-state index < -0.39 is 24.2 Å². The van der Waals surface area contributed by atoms with Crippen molar-refractivity contribution in [1.82, 2.24) is 10.2 Å². The molecule has 8 nitrogen and oxygen atoms in total. The van der Waals surface area contributed by atoms with Crippen LogP contribution in [0.2, 0.25) is 0 Å². The lowest BCUT2D eigenvalue weighted by molar-refractivity contribution is -0.148. The number of carboxylic acid groups (broad SMARTS) is 1. The van der Waals surface area contributed by atoms with Crippen molar-refractivity contribution in [1.29, 1.82) is 0 Å². The number of rotatable bonds is 6. The first-order valence-electron chi connectivity index (χ1n) is 12.3. The fourth-order valence-corrected chi connectivity index (χ4v) is 5.64. The Bertz CT molecular complexity index is 1070. The Morgan fingerprint density at radius 2 is 1.69 bits per heavy atom. The highest BCUT2D eigenvalue weighted by atomic mass is 16.6. The highest BCUT2D eigenvalue weighted by Gasteiger charge is 2.41. The quantitative estimate of drug-likeness (QED) is 0.658. The second-order valence-corrected chi connectivity index (χ2v) is 9.44. The first-order chi connectivity index (χ1) is 17.0. The van der Waals surface area contributed by atoms with Crippen molar-refractivity contribution in [3.05, 3.63) is 59.7 Å². The van der Waals surface area contributed by atoms with Crippen LogP contribution in [0.15, 0.2) is 48.5 Å². The van der Waals surface area contributed by atoms with Crippen LogP contribution >= 0.6 is 0 Å². The molecule has 2 amide bonds. The first-order valence-corrected chi connectivity index (χ1v) is 12.3. The van der Waals surface area contributed by atoms with Gasteiger partial charge < -0.3 is 24.8 Å². The summed E-state index contributed by atoms with van der Waals surface area (Å²) in [5, 5.41) is 12.1. The topological polar surface area (TPSA) is 105 Å². The molecule has 0 bridgehead atoms. The summed E-state index contributed by atoms with van der Waals surface area (Å²) in [7, 11) is 0. The zero-order valence-corrected chi connectivity index (χ0v) is 19.5. The first kappa shape index (κ1) is 23.4. The smallest absolute Gasteiger partial charge is 0.407 e. The number of piperidine rings is 1. The van der Waals surface area contributed by atoms with Gasteiger partial charge in [0.15, 0.2) is 6.10 Å². The number of hydrogen-bond donors (Lipinski definition) is 2. The van der Waals surface area contributed by atoms with Crippen LogP contribution in [0.5, 0.6) is 0 Å². The Balaban J connectivity index is 1.22. The molecule has 8 heteroatoms. The summed E-state index contributed by atoms with van der Waals surface area (Å²) in [6, 6.07) is 15.4. The van der Waals surface area contributed by atoms with Gasteiger partial charge >= 0.3 is 12.1 Å². The summed E-state index contributed by atoms with van der Waals surface area (Å²) in [5.41, 5.74) is 4.58. The van der Waals surface area contributed by atoms with E-state index in [4.69, 9.17) is 9.47 Å². The summed E-state index contributed by atoms with van der Waals surface area (Å²) >= 11 is 0. The van der Waals surface area contributed by atoms with E-state index in [1.54, 1.807) is 4.90 Å². The lowest BCUT2D eigenvalue weighted by Gasteiger charge is -2.37. The number of nitrogens with one attached hydrogen (secondary N) is 1. The van der Waals surface area contributed by atoms with Crippen molar-refractivity contribution in [2.75, 3.05) is 19.8 Å². The predicted octanol–water partition coefficient (Wildman–Crippen LogP) is 3.54. The average molecular weight is 479 g/mol. The number of carboxylic acids is 1. The second-order valence-electron chi connectivity index (χ2n) is 9.44. The molecule has 0 spiro atoms. The van der Waals surface area contributed by atoms with Gasteiger partial charge in [-0.15, -0.1) is 0 Å². The minimum Gasteiger partial charge on any atom is -0.481 e. The normalized spacial score (nSPS) is 23.4. The minimum atomic E-state index is -0.921. The Hall–Kier alpha value is -3.39. The van der Waals surface area contributed by atoms with Gasteiger partial charge in [-0.2, -0.15) is 0 Å². The molecule has 2 aromatic rings. The highest BCUT2D eigenvalue weighted by Crippen LogP contribution is 2.44. The van der Waals surface area contributed by atoms with Gasteiger partial charge in [0.2, 0.25) is 0 Å². The van der Waals surface area contributed by atoms with Gasteiger partial charge in [0.25, 0.3) is 5.91 Å². The molecule has 0 saturated carbocycles. The fourth-order valence-electron chi connectivity index (χ4n) is 5.64. The molecule has 2 aliphatic heterocycles. The molecule has 2 N–H and O–H groups in total. The Labute approximate surface area is 204 Å². The summed E-state index contributed by atoms with van der Waals surface area (Å²) < 4.78 is 11.3. The molecule has 35 heavy (non-hydrogen) atoms. The van der Waals surface area contributed by atoms with Crippen molar-refractivity contribution >= 4 is 18.0 Å². The molecule has 1 aliphatic carbocycles. The van der Waals surface area contributed by atoms with Gasteiger partial charge in [-0.1, -0.05) is 48.5 Å². The van der Waals surface area contributed by atoms with E-state index in [9.17, 15) is 19.5 Å². The Morgan fingerprint density at radius 1 is 1.00 bits per heavy atom. The molecule has 184 valence electrons. The van der Waals surface area contributed by atoms with E-state index in [-0.39, 0.29) is 30.9 Å². The highest BCUT2D eigenvalue weighted by molar-refractivity contribution is 5.84. The standard InChI is InChI=1S/C27H30N2O6/c30-24(31)15-17-7-5-6-13-29(17)26(32)25-23(12-14-34-25)28-27(33)35-16-22-20-10-3-1-8-18(20)19-9-2-4-11-21(19)22/h1-4,8-11,17,22-23,25H,5-7,12-16H2,(H,28,33)(H,30,31)/t17-,23?,25?/m1/s1. The van der Waals surface area contributed by atoms with Crippen molar-refractivity contribution in [2.24, 2.45) is 0 Å². The average Bonchev–Trinajstić information content (AvgIpc) is 3.45. The van der Waals surface area contributed by atoms with Crippen LogP contribution in [0.3, 0.4) is 0 Å². The van der Waals surface area contributed by atoms with Crippen LogP contribution in [0, 0.1) is 0 Å². The number of nitrogens with zero attached hydrogens (tertiary/aromatic N) is 1. The monoisotopic (exact) mass is 478 g/mol. The van der Waals surface area contributed by atoms with Crippen LogP contribution in [0.4, 0.5) is 4.79 Å². The van der Waals surface area contributed by atoms with Gasteiger partial charge in [-0.3, -0.25) is 9.59 Å². The number of ether oxygens (including phenoxy) is 2. The zero-order valence-electron chi connectivity index (χ0n) is 19.5. The number of alkyl carbamates (subject to hydrolysis) is 1. The maximum atomic E-state index is 13.2. The summed E-state index contributed by atoms with van der Waals surface area (Å²) in [6.07, 6.45) is 1.40. The number of carbonyl (C=O) groups excluding carboxylic acids is 2. The van der Waals surface area contributed by atoms with Gasteiger partial charge in [0, 0.05) is 25.1 Å². The molecule has 5 rings (SSSR count). The third-order valence-corrected chi connectivity index (χ3v) is 7.30. The number of benzene rings is 2. The van der Waals surface area contributed by atoms with Gasteiger partial charge in [0.1, 0.15) is 6.61 Å². The van der Waals surface area contributed by atoms with E-state index in [2.05, 4.69) is 29.6 Å². The maximum Gasteiger partial charge on any atom is 0.407 e. The molecular weight excluding hydrogens is 448 g/mol. The SMILES string of the molecule is O=C(O)C[C@H]1CCCCN1C(=O)C1OCCC1NC(=O)OCC1c2ccccc2-c2ccccc21. The third-order valence-electron chi connectivity index (χ3n) is 7.30. The molecule has 2 fully saturated rings. The lowest BCUT2D eigenvalue weighted by Crippen LogP contribution is -2.54. The number of amides is 2. The molecule has 0 aromatic heterocycles. The molecule has 3 aliphatic rings.